The number of hydrogen-bond donors (Lipinski definition) is 0. The molecule has 2 aromatic rings. The predicted molar refractivity (Wildman–Crippen MR) is 57.2 cm³/mol. The summed E-state index contributed by atoms with van der Waals surface area (Å²) in [6.07, 6.45) is 1.85. The summed E-state index contributed by atoms with van der Waals surface area (Å²) < 4.78 is 3.24. The van der Waals surface area contributed by atoms with Crippen LogP contribution in [0.15, 0.2) is 36.9 Å². The van der Waals surface area contributed by atoms with E-state index in [2.05, 4.69) is 12.6 Å². The molecule has 74 valence electrons. The van der Waals surface area contributed by atoms with Gasteiger partial charge in [-0.15, -0.1) is 3.96 Å². The molecular formula is C10H9Cl2NS. The standard InChI is InChI=1S/C10H9ClNS.ClH/c1-2-7-12-10(11)8-5-3-4-6-9(8)13-12;/h2-6H,1,7H2;1H/q+1;/p-1. The lowest BCUT2D eigenvalue weighted by molar-refractivity contribution is -0.614. The van der Waals surface area contributed by atoms with E-state index in [1.165, 1.54) is 4.70 Å². The van der Waals surface area contributed by atoms with E-state index in [1.54, 1.807) is 11.5 Å². The van der Waals surface area contributed by atoms with Crippen LogP contribution in [0.3, 0.4) is 0 Å². The molecule has 1 nitrogen and oxygen atoms in total. The maximum atomic E-state index is 6.16. The molecule has 0 saturated carbocycles. The Hall–Kier alpha value is -0.570. The van der Waals surface area contributed by atoms with Crippen LogP contribution in [-0.2, 0) is 6.54 Å². The van der Waals surface area contributed by atoms with Crippen LogP contribution in [0.4, 0.5) is 0 Å². The molecule has 4 heteroatoms. The number of benzene rings is 1. The van der Waals surface area contributed by atoms with Crippen LogP contribution in [0.1, 0.15) is 0 Å². The fourth-order valence-corrected chi connectivity index (χ4v) is 2.64. The van der Waals surface area contributed by atoms with E-state index in [-0.39, 0.29) is 12.4 Å². The van der Waals surface area contributed by atoms with Gasteiger partial charge in [0.1, 0.15) is 16.2 Å². The van der Waals surface area contributed by atoms with Crippen LogP contribution in [0, 0.1) is 0 Å². The normalized spacial score (nSPS) is 9.79. The summed E-state index contributed by atoms with van der Waals surface area (Å²) in [4.78, 5) is 0. The van der Waals surface area contributed by atoms with Gasteiger partial charge >= 0.3 is 0 Å². The Bertz CT molecular complexity index is 450. The van der Waals surface area contributed by atoms with E-state index in [0.29, 0.717) is 0 Å². The topological polar surface area (TPSA) is 3.88 Å². The van der Waals surface area contributed by atoms with Gasteiger partial charge in [-0.05, 0) is 29.8 Å². The first-order valence-corrected chi connectivity index (χ1v) is 5.16. The van der Waals surface area contributed by atoms with Gasteiger partial charge in [0, 0.05) is 0 Å². The van der Waals surface area contributed by atoms with Gasteiger partial charge in [-0.25, -0.2) is 0 Å². The maximum absolute atomic E-state index is 6.16. The second-order valence-corrected chi connectivity index (χ2v) is 4.15. The molecule has 0 atom stereocenters. The Kier molecular flexibility index (Phi) is 3.93. The molecule has 0 aliphatic rings. The van der Waals surface area contributed by atoms with E-state index >= 15 is 0 Å². The van der Waals surface area contributed by atoms with Crippen LogP contribution in [-0.4, -0.2) is 0 Å². The molecule has 2 rings (SSSR count). The lowest BCUT2D eigenvalue weighted by Crippen LogP contribution is -3.00. The van der Waals surface area contributed by atoms with Crippen LogP contribution >= 0.6 is 23.1 Å². The van der Waals surface area contributed by atoms with Crippen LogP contribution in [0.2, 0.25) is 5.15 Å². The molecule has 1 aromatic carbocycles. The Morgan fingerprint density at radius 1 is 1.43 bits per heavy atom. The first-order valence-electron chi connectivity index (χ1n) is 4.01. The van der Waals surface area contributed by atoms with Crippen molar-refractivity contribution in [3.63, 3.8) is 0 Å². The van der Waals surface area contributed by atoms with Gasteiger partial charge in [-0.2, -0.15) is 0 Å². The highest BCUT2D eigenvalue weighted by Gasteiger charge is 2.15. The largest absolute Gasteiger partial charge is 1.00 e. The highest BCUT2D eigenvalue weighted by Crippen LogP contribution is 2.24. The zero-order valence-electron chi connectivity index (χ0n) is 7.41. The van der Waals surface area contributed by atoms with Gasteiger partial charge in [-0.1, -0.05) is 18.7 Å². The Morgan fingerprint density at radius 2 is 2.14 bits per heavy atom. The average molecular weight is 246 g/mol. The molecule has 0 aliphatic heterocycles. The Balaban J connectivity index is 0.000000980. The minimum Gasteiger partial charge on any atom is -1.00 e. The number of nitrogens with zero attached hydrogens (tertiary/aromatic N) is 1. The van der Waals surface area contributed by atoms with Gasteiger partial charge in [0.25, 0.3) is 5.15 Å². The molecule has 1 heterocycles. The predicted octanol–water partition coefficient (Wildman–Crippen LogP) is 0.0322. The molecule has 0 bridgehead atoms. The third-order valence-electron chi connectivity index (χ3n) is 1.83. The molecule has 0 saturated heterocycles. The smallest absolute Gasteiger partial charge is 0.297 e. The summed E-state index contributed by atoms with van der Waals surface area (Å²) in [6.45, 7) is 4.47. The first-order chi connectivity index (χ1) is 6.33. The Labute approximate surface area is 98.2 Å². The number of rotatable bonds is 2. The van der Waals surface area contributed by atoms with Crippen molar-refractivity contribution in [3.05, 3.63) is 42.1 Å². The monoisotopic (exact) mass is 245 g/mol. The van der Waals surface area contributed by atoms with E-state index in [0.717, 1.165) is 17.1 Å². The maximum Gasteiger partial charge on any atom is 0.297 e. The molecule has 0 amide bonds. The highest BCUT2D eigenvalue weighted by molar-refractivity contribution is 7.09. The summed E-state index contributed by atoms with van der Waals surface area (Å²) in [6, 6.07) is 8.13. The minimum absolute atomic E-state index is 0. The summed E-state index contributed by atoms with van der Waals surface area (Å²) in [5.74, 6) is 0. The molecule has 1 aromatic heterocycles. The fourth-order valence-electron chi connectivity index (χ4n) is 1.24. The number of allylic oxidation sites excluding steroid dienone is 1. The van der Waals surface area contributed by atoms with E-state index < -0.39 is 0 Å². The van der Waals surface area contributed by atoms with Crippen molar-refractivity contribution in [2.24, 2.45) is 0 Å². The zero-order chi connectivity index (χ0) is 9.26. The van der Waals surface area contributed by atoms with Crippen molar-refractivity contribution in [2.75, 3.05) is 0 Å². The van der Waals surface area contributed by atoms with E-state index in [4.69, 9.17) is 11.6 Å². The fraction of sp³-hybridized carbons (Fsp3) is 0.100. The van der Waals surface area contributed by atoms with Crippen molar-refractivity contribution >= 4 is 33.2 Å². The van der Waals surface area contributed by atoms with Crippen LogP contribution < -0.4 is 16.4 Å². The quantitative estimate of drug-likeness (QED) is 0.520. The molecule has 0 unspecified atom stereocenters. The second kappa shape index (κ2) is 4.78. The second-order valence-electron chi connectivity index (χ2n) is 2.73. The number of aromatic nitrogens is 1. The lowest BCUT2D eigenvalue weighted by atomic mass is 10.3. The van der Waals surface area contributed by atoms with Crippen LogP contribution in [0.25, 0.3) is 10.1 Å². The third-order valence-corrected chi connectivity index (χ3v) is 3.44. The number of fused-ring (bicyclic) bond motifs is 1. The molecule has 0 spiro atoms. The van der Waals surface area contributed by atoms with Gasteiger partial charge in [0.2, 0.25) is 0 Å². The van der Waals surface area contributed by atoms with Crippen molar-refractivity contribution in [1.29, 1.82) is 0 Å². The molecular weight excluding hydrogens is 237 g/mol. The van der Waals surface area contributed by atoms with Gasteiger partial charge in [-0.3, -0.25) is 0 Å². The molecule has 0 aliphatic carbocycles. The van der Waals surface area contributed by atoms with Gasteiger partial charge < -0.3 is 12.4 Å². The third kappa shape index (κ3) is 1.92. The molecule has 14 heavy (non-hydrogen) atoms. The lowest BCUT2D eigenvalue weighted by Gasteiger charge is -1.83. The van der Waals surface area contributed by atoms with Crippen LogP contribution in [0.5, 0.6) is 0 Å². The minimum atomic E-state index is 0. The van der Waals surface area contributed by atoms with Crippen molar-refractivity contribution < 1.29 is 16.4 Å². The van der Waals surface area contributed by atoms with Gasteiger partial charge in [0.05, 0.1) is 5.39 Å². The summed E-state index contributed by atoms with van der Waals surface area (Å²) in [7, 11) is 0. The summed E-state index contributed by atoms with van der Waals surface area (Å²) in [5, 5.41) is 1.93. The SMILES string of the molecule is C=CC[n+]1sc2ccccc2c1Cl.[Cl-]. The van der Waals surface area contributed by atoms with Crippen molar-refractivity contribution in [1.82, 2.24) is 0 Å². The van der Waals surface area contributed by atoms with Crippen molar-refractivity contribution in [3.8, 4) is 0 Å². The molecule has 0 N–H and O–H groups in total. The van der Waals surface area contributed by atoms with E-state index in [1.807, 2.05) is 28.2 Å². The number of hydrogen-bond acceptors (Lipinski definition) is 1. The average Bonchev–Trinajstić information content (AvgIpc) is 2.46. The first kappa shape index (κ1) is 11.5. The highest BCUT2D eigenvalue weighted by atomic mass is 35.5. The number of halogens is 2. The molecule has 0 fully saturated rings. The van der Waals surface area contributed by atoms with Crippen molar-refractivity contribution in [2.45, 2.75) is 6.54 Å². The summed E-state index contributed by atoms with van der Waals surface area (Å²) in [5.41, 5.74) is 0. The van der Waals surface area contributed by atoms with Gasteiger partial charge in [0.15, 0.2) is 6.54 Å². The Morgan fingerprint density at radius 3 is 2.79 bits per heavy atom. The zero-order valence-corrected chi connectivity index (χ0v) is 9.74. The molecule has 0 radical (unpaired) electrons. The van der Waals surface area contributed by atoms with E-state index in [9.17, 15) is 0 Å². The summed E-state index contributed by atoms with van der Waals surface area (Å²) >= 11 is 7.82.